The van der Waals surface area contributed by atoms with Crippen molar-refractivity contribution < 1.29 is 27.5 Å². The molecule has 4 rings (SSSR count). The normalized spacial score (nSPS) is 13.4. The van der Waals surface area contributed by atoms with Gasteiger partial charge >= 0.3 is 0 Å². The van der Waals surface area contributed by atoms with Crippen molar-refractivity contribution in [3.8, 4) is 18.1 Å². The van der Waals surface area contributed by atoms with E-state index in [9.17, 15) is 22.8 Å². The van der Waals surface area contributed by atoms with Crippen LogP contribution in [0.25, 0.3) is 0 Å². The fraction of sp³-hybridized carbons (Fsp3) is 0.333. The lowest BCUT2D eigenvalue weighted by Crippen LogP contribution is -2.43. The number of amides is 3. The third-order valence-electron chi connectivity index (χ3n) is 6.83. The van der Waals surface area contributed by atoms with Gasteiger partial charge in [0.25, 0.3) is 27.7 Å². The van der Waals surface area contributed by atoms with Crippen molar-refractivity contribution in [1.82, 2.24) is 25.1 Å². The second-order valence-corrected chi connectivity index (χ2v) is 12.7. The van der Waals surface area contributed by atoms with Crippen LogP contribution in [0, 0.1) is 12.3 Å². The first-order valence-electron chi connectivity index (χ1n) is 14.2. The van der Waals surface area contributed by atoms with Gasteiger partial charge in [0, 0.05) is 19.0 Å². The fourth-order valence-corrected chi connectivity index (χ4v) is 6.15. The molecular weight excluding hydrogens is 643 g/mol. The molecule has 1 aliphatic rings. The lowest BCUT2D eigenvalue weighted by molar-refractivity contribution is -0.123. The quantitative estimate of drug-likeness (QED) is 0.158. The van der Waals surface area contributed by atoms with Gasteiger partial charge in [-0.05, 0) is 75.2 Å². The van der Waals surface area contributed by atoms with Crippen LogP contribution in [0.5, 0.6) is 5.75 Å². The summed E-state index contributed by atoms with van der Waals surface area (Å²) in [7, 11) is -4.33. The molecule has 15 heteroatoms. The molecule has 0 atom stereocenters. The van der Waals surface area contributed by atoms with E-state index in [1.807, 2.05) is 0 Å². The van der Waals surface area contributed by atoms with Gasteiger partial charge in [-0.1, -0.05) is 29.3 Å². The molecule has 1 saturated heterocycles. The second kappa shape index (κ2) is 15.8. The van der Waals surface area contributed by atoms with Gasteiger partial charge in [0.15, 0.2) is 12.3 Å². The molecule has 2 heterocycles. The van der Waals surface area contributed by atoms with Gasteiger partial charge in [-0.25, -0.2) is 0 Å². The summed E-state index contributed by atoms with van der Waals surface area (Å²) in [5, 5.41) is 15.5. The summed E-state index contributed by atoms with van der Waals surface area (Å²) >= 11 is 12.4. The van der Waals surface area contributed by atoms with Crippen LogP contribution < -0.4 is 26.0 Å². The topological polar surface area (TPSA) is 161 Å². The van der Waals surface area contributed by atoms with Crippen molar-refractivity contribution in [2.45, 2.75) is 43.0 Å². The van der Waals surface area contributed by atoms with E-state index >= 15 is 0 Å². The summed E-state index contributed by atoms with van der Waals surface area (Å²) in [6.45, 7) is 1.63. The highest BCUT2D eigenvalue weighted by atomic mass is 35.5. The van der Waals surface area contributed by atoms with E-state index in [1.54, 1.807) is 6.07 Å². The number of halogens is 2. The Hall–Kier alpha value is -4.09. The molecule has 0 bridgehead atoms. The molecule has 3 amide bonds. The van der Waals surface area contributed by atoms with Crippen LogP contribution >= 0.6 is 23.2 Å². The number of nitrogens with one attached hydrogen (secondary N) is 4. The minimum Gasteiger partial charge on any atom is -0.484 e. The number of anilines is 1. The predicted octanol–water partition coefficient (Wildman–Crippen LogP) is 3.46. The number of benzene rings is 2. The molecular formula is C30H32Cl2N6O6S. The summed E-state index contributed by atoms with van der Waals surface area (Å²) in [5.74, 6) is 1.07. The highest BCUT2D eigenvalue weighted by Crippen LogP contribution is 2.27. The highest BCUT2D eigenvalue weighted by Gasteiger charge is 2.28. The number of nitrogens with zero attached hydrogens (tertiary/aromatic N) is 2. The first kappa shape index (κ1) is 33.8. The standard InChI is InChI=1S/C30H32Cl2N6O6S/c1-2-3-4-5-15-34-26(39)19-44-21-9-11-22(12-10-21)45(42,43)38-18-25(36-29(40)27-23(31)7-6-8-24(27)32)28(37-38)30(41)35-20-13-16-33-17-14-20/h1,6-12,18,20,33H,3-5,13-17,19H2,(H,34,39)(H,35,41)(H,36,40). The molecule has 12 nitrogen and oxygen atoms in total. The SMILES string of the molecule is C#CCCCCNC(=O)COc1ccc(S(=O)(=O)n2cc(NC(=O)c3c(Cl)cccc3Cl)c(C(=O)NC3CCNCC3)n2)cc1. The summed E-state index contributed by atoms with van der Waals surface area (Å²) < 4.78 is 33.1. The Bertz CT molecular complexity index is 1660. The Morgan fingerprint density at radius 2 is 1.73 bits per heavy atom. The summed E-state index contributed by atoms with van der Waals surface area (Å²) in [6, 6.07) is 9.70. The van der Waals surface area contributed by atoms with E-state index in [0.29, 0.717) is 43.0 Å². The van der Waals surface area contributed by atoms with Crippen molar-refractivity contribution in [2.24, 2.45) is 0 Å². The van der Waals surface area contributed by atoms with E-state index in [0.717, 1.165) is 19.0 Å². The van der Waals surface area contributed by atoms with Gasteiger partial charge < -0.3 is 26.0 Å². The molecule has 0 radical (unpaired) electrons. The Balaban J connectivity index is 1.52. The van der Waals surface area contributed by atoms with Crippen molar-refractivity contribution in [2.75, 3.05) is 31.6 Å². The third kappa shape index (κ3) is 8.98. The van der Waals surface area contributed by atoms with Gasteiger partial charge in [-0.3, -0.25) is 14.4 Å². The zero-order valence-electron chi connectivity index (χ0n) is 24.1. The van der Waals surface area contributed by atoms with E-state index in [2.05, 4.69) is 32.3 Å². The first-order chi connectivity index (χ1) is 21.6. The van der Waals surface area contributed by atoms with Crippen LogP contribution in [0.4, 0.5) is 5.69 Å². The van der Waals surface area contributed by atoms with E-state index < -0.39 is 21.8 Å². The first-order valence-corrected chi connectivity index (χ1v) is 16.3. The summed E-state index contributed by atoms with van der Waals surface area (Å²) in [5.41, 5.74) is -0.510. The number of terminal acetylenes is 1. The lowest BCUT2D eigenvalue weighted by atomic mass is 10.1. The average Bonchev–Trinajstić information content (AvgIpc) is 3.45. The van der Waals surface area contributed by atoms with Crippen molar-refractivity contribution in [3.05, 3.63) is 70.0 Å². The maximum absolute atomic E-state index is 13.5. The Labute approximate surface area is 271 Å². The van der Waals surface area contributed by atoms with Crippen LogP contribution in [0.1, 0.15) is 53.0 Å². The molecule has 45 heavy (non-hydrogen) atoms. The monoisotopic (exact) mass is 674 g/mol. The van der Waals surface area contributed by atoms with Crippen molar-refractivity contribution in [1.29, 1.82) is 0 Å². The number of piperidine rings is 1. The summed E-state index contributed by atoms with van der Waals surface area (Å²) in [6.07, 6.45) is 9.78. The molecule has 238 valence electrons. The number of carbonyl (C=O) groups is 3. The maximum Gasteiger partial charge on any atom is 0.283 e. The maximum atomic E-state index is 13.5. The van der Waals surface area contributed by atoms with E-state index in [1.165, 1.54) is 36.4 Å². The average molecular weight is 676 g/mol. The largest absolute Gasteiger partial charge is 0.484 e. The minimum absolute atomic E-state index is 0.0469. The van der Waals surface area contributed by atoms with Crippen molar-refractivity contribution >= 4 is 56.6 Å². The van der Waals surface area contributed by atoms with Crippen LogP contribution in [0.2, 0.25) is 10.0 Å². The highest BCUT2D eigenvalue weighted by molar-refractivity contribution is 7.89. The number of rotatable bonds is 13. The number of unbranched alkanes of at least 4 members (excludes halogenated alkanes) is 2. The molecule has 2 aromatic carbocycles. The number of hydrogen-bond acceptors (Lipinski definition) is 8. The molecule has 1 fully saturated rings. The number of aromatic nitrogens is 2. The van der Waals surface area contributed by atoms with Crippen molar-refractivity contribution in [3.63, 3.8) is 0 Å². The molecule has 1 aliphatic heterocycles. The number of ether oxygens (including phenoxy) is 1. The zero-order chi connectivity index (χ0) is 32.4. The Morgan fingerprint density at radius 3 is 2.40 bits per heavy atom. The van der Waals surface area contributed by atoms with Gasteiger partial charge in [0.05, 0.1) is 32.4 Å². The van der Waals surface area contributed by atoms with Gasteiger partial charge in [-0.15, -0.1) is 12.3 Å². The molecule has 0 spiro atoms. The Kier molecular flexibility index (Phi) is 11.8. The molecule has 1 aromatic heterocycles. The molecule has 0 unspecified atom stereocenters. The predicted molar refractivity (Wildman–Crippen MR) is 170 cm³/mol. The third-order valence-corrected chi connectivity index (χ3v) is 9.01. The van der Waals surface area contributed by atoms with Crippen LogP contribution in [0.15, 0.2) is 53.6 Å². The zero-order valence-corrected chi connectivity index (χ0v) is 26.5. The molecule has 4 N–H and O–H groups in total. The molecule has 0 saturated carbocycles. The second-order valence-electron chi connectivity index (χ2n) is 10.1. The van der Waals surface area contributed by atoms with Gasteiger partial charge in [0.2, 0.25) is 0 Å². The Morgan fingerprint density at radius 1 is 1.04 bits per heavy atom. The van der Waals surface area contributed by atoms with Gasteiger partial charge in [-0.2, -0.15) is 17.6 Å². The van der Waals surface area contributed by atoms with E-state index in [-0.39, 0.29) is 56.2 Å². The molecule has 3 aromatic rings. The van der Waals surface area contributed by atoms with Gasteiger partial charge in [0.1, 0.15) is 5.75 Å². The van der Waals surface area contributed by atoms with Crippen LogP contribution in [-0.2, 0) is 14.8 Å². The minimum atomic E-state index is -4.33. The lowest BCUT2D eigenvalue weighted by Gasteiger charge is -2.23. The fourth-order valence-electron chi connectivity index (χ4n) is 4.45. The van der Waals surface area contributed by atoms with Crippen LogP contribution in [0.3, 0.4) is 0 Å². The number of carbonyl (C=O) groups excluding carboxylic acids is 3. The smallest absolute Gasteiger partial charge is 0.283 e. The van der Waals surface area contributed by atoms with E-state index in [4.69, 9.17) is 34.4 Å². The number of hydrogen-bond donors (Lipinski definition) is 4. The summed E-state index contributed by atoms with van der Waals surface area (Å²) in [4.78, 5) is 38.3. The molecule has 0 aliphatic carbocycles. The van der Waals surface area contributed by atoms with Crippen LogP contribution in [-0.4, -0.2) is 67.6 Å².